The Morgan fingerprint density at radius 3 is 2.36 bits per heavy atom. The van der Waals surface area contributed by atoms with Crippen molar-refractivity contribution < 1.29 is 17.8 Å². The summed E-state index contributed by atoms with van der Waals surface area (Å²) in [6, 6.07) is 18.9. The molecule has 0 spiro atoms. The van der Waals surface area contributed by atoms with Crippen molar-refractivity contribution in [3.63, 3.8) is 0 Å². The van der Waals surface area contributed by atoms with Crippen molar-refractivity contribution in [2.75, 3.05) is 16.7 Å². The van der Waals surface area contributed by atoms with Gasteiger partial charge in [-0.05, 0) is 42.8 Å². The first kappa shape index (κ1) is 19.6. The van der Waals surface area contributed by atoms with Gasteiger partial charge in [0, 0.05) is 24.9 Å². The molecule has 0 saturated heterocycles. The third-order valence-electron chi connectivity index (χ3n) is 4.28. The highest BCUT2D eigenvalue weighted by atomic mass is 32.2. The van der Waals surface area contributed by atoms with Crippen LogP contribution in [0, 0.1) is 6.92 Å². The maximum atomic E-state index is 12.9. The number of carbonyl (C=O) groups excluding carboxylic acids is 1. The summed E-state index contributed by atoms with van der Waals surface area (Å²) in [5.41, 5.74) is 2.10. The first-order valence-corrected chi connectivity index (χ1v) is 10.2. The van der Waals surface area contributed by atoms with Gasteiger partial charge in [0.05, 0.1) is 10.6 Å². The lowest BCUT2D eigenvalue weighted by Crippen LogP contribution is -2.39. The number of hydrogen-bond donors (Lipinski definition) is 1. The van der Waals surface area contributed by atoms with Crippen molar-refractivity contribution in [2.24, 2.45) is 0 Å². The number of hydrogen-bond acceptors (Lipinski definition) is 3. The summed E-state index contributed by atoms with van der Waals surface area (Å²) in [6.07, 6.45) is 3.65. The SMILES string of the molecule is Cc1cc[n+](CC(=O)Nc2cccc(S(=O)(=O)N(C)c3ccccc3)c2)cc1. The molecular formula is C21H22N3O3S+. The van der Waals surface area contributed by atoms with E-state index in [1.54, 1.807) is 41.0 Å². The molecule has 0 aliphatic carbocycles. The van der Waals surface area contributed by atoms with Crippen LogP contribution < -0.4 is 14.2 Å². The molecule has 3 aromatic rings. The van der Waals surface area contributed by atoms with Gasteiger partial charge in [0.25, 0.3) is 15.9 Å². The third-order valence-corrected chi connectivity index (χ3v) is 6.06. The van der Waals surface area contributed by atoms with Crippen LogP contribution in [0.25, 0.3) is 0 Å². The van der Waals surface area contributed by atoms with Crippen LogP contribution in [0.5, 0.6) is 0 Å². The van der Waals surface area contributed by atoms with E-state index in [9.17, 15) is 13.2 Å². The van der Waals surface area contributed by atoms with E-state index in [4.69, 9.17) is 0 Å². The lowest BCUT2D eigenvalue weighted by Gasteiger charge is -2.19. The first-order valence-electron chi connectivity index (χ1n) is 8.76. The Morgan fingerprint density at radius 1 is 1.00 bits per heavy atom. The number of para-hydroxylation sites is 1. The van der Waals surface area contributed by atoms with Gasteiger partial charge < -0.3 is 5.32 Å². The zero-order valence-electron chi connectivity index (χ0n) is 15.7. The van der Waals surface area contributed by atoms with Gasteiger partial charge in [-0.25, -0.2) is 8.42 Å². The zero-order valence-corrected chi connectivity index (χ0v) is 16.6. The fourth-order valence-corrected chi connectivity index (χ4v) is 3.91. The van der Waals surface area contributed by atoms with Crippen molar-refractivity contribution in [1.82, 2.24) is 0 Å². The number of nitrogens with zero attached hydrogens (tertiary/aromatic N) is 2. The number of benzene rings is 2. The number of pyridine rings is 1. The van der Waals surface area contributed by atoms with E-state index in [0.717, 1.165) is 5.56 Å². The van der Waals surface area contributed by atoms with Crippen LogP contribution in [0.4, 0.5) is 11.4 Å². The summed E-state index contributed by atoms with van der Waals surface area (Å²) in [7, 11) is -2.23. The van der Waals surface area contributed by atoms with Crippen LogP contribution in [0.2, 0.25) is 0 Å². The van der Waals surface area contributed by atoms with Crippen molar-refractivity contribution in [3.05, 3.63) is 84.7 Å². The van der Waals surface area contributed by atoms with Crippen molar-refractivity contribution in [1.29, 1.82) is 0 Å². The minimum atomic E-state index is -3.74. The highest BCUT2D eigenvalue weighted by molar-refractivity contribution is 7.92. The minimum absolute atomic E-state index is 0.111. The molecule has 7 heteroatoms. The molecule has 0 atom stereocenters. The van der Waals surface area contributed by atoms with Crippen LogP contribution in [0.15, 0.2) is 84.0 Å². The Morgan fingerprint density at radius 2 is 1.68 bits per heavy atom. The second kappa shape index (κ2) is 8.22. The number of anilines is 2. The van der Waals surface area contributed by atoms with Gasteiger partial charge >= 0.3 is 0 Å². The standard InChI is InChI=1S/C21H21N3O3S/c1-17-11-13-24(14-12-17)16-21(25)22-18-7-6-10-20(15-18)28(26,27)23(2)19-8-4-3-5-9-19/h3-15H,16H2,1-2H3/p+1. The molecule has 6 nitrogen and oxygen atoms in total. The van der Waals surface area contributed by atoms with E-state index >= 15 is 0 Å². The Bertz CT molecular complexity index is 1070. The molecule has 0 aliphatic heterocycles. The fraction of sp³-hybridized carbons (Fsp3) is 0.143. The Kier molecular flexibility index (Phi) is 5.75. The van der Waals surface area contributed by atoms with Gasteiger partial charge in [0.2, 0.25) is 6.54 Å². The molecular weight excluding hydrogens is 374 g/mol. The second-order valence-corrected chi connectivity index (χ2v) is 8.40. The molecule has 0 bridgehead atoms. The summed E-state index contributed by atoms with van der Waals surface area (Å²) in [5, 5.41) is 2.75. The number of sulfonamides is 1. The average molecular weight is 396 g/mol. The Balaban J connectivity index is 1.76. The maximum absolute atomic E-state index is 12.9. The number of carbonyl (C=O) groups is 1. The molecule has 28 heavy (non-hydrogen) atoms. The topological polar surface area (TPSA) is 70.4 Å². The summed E-state index contributed by atoms with van der Waals surface area (Å²) < 4.78 is 28.8. The summed E-state index contributed by atoms with van der Waals surface area (Å²) in [4.78, 5) is 12.4. The van der Waals surface area contributed by atoms with Gasteiger partial charge in [-0.2, -0.15) is 4.57 Å². The van der Waals surface area contributed by atoms with Crippen LogP contribution in [0.1, 0.15) is 5.56 Å². The molecule has 3 rings (SSSR count). The van der Waals surface area contributed by atoms with Crippen LogP contribution in [-0.2, 0) is 21.4 Å². The first-order chi connectivity index (χ1) is 13.4. The molecule has 0 unspecified atom stereocenters. The molecule has 0 aliphatic rings. The third kappa shape index (κ3) is 4.55. The van der Waals surface area contributed by atoms with E-state index in [0.29, 0.717) is 11.4 Å². The number of nitrogens with one attached hydrogen (secondary N) is 1. The predicted octanol–water partition coefficient (Wildman–Crippen LogP) is 2.75. The van der Waals surface area contributed by atoms with Crippen LogP contribution >= 0.6 is 0 Å². The lowest BCUT2D eigenvalue weighted by atomic mass is 10.3. The highest BCUT2D eigenvalue weighted by Gasteiger charge is 2.21. The molecule has 0 fully saturated rings. The minimum Gasteiger partial charge on any atom is -0.321 e. The molecule has 144 valence electrons. The number of aryl methyl sites for hydroxylation is 1. The molecule has 1 aromatic heterocycles. The van der Waals surface area contributed by atoms with Gasteiger partial charge in [-0.3, -0.25) is 9.10 Å². The van der Waals surface area contributed by atoms with E-state index in [2.05, 4.69) is 5.32 Å². The van der Waals surface area contributed by atoms with E-state index < -0.39 is 10.0 Å². The molecule has 0 saturated carbocycles. The molecule has 1 heterocycles. The van der Waals surface area contributed by atoms with Crippen molar-refractivity contribution in [3.8, 4) is 0 Å². The molecule has 2 aromatic carbocycles. The zero-order chi connectivity index (χ0) is 20.1. The second-order valence-electron chi connectivity index (χ2n) is 6.43. The molecule has 1 N–H and O–H groups in total. The normalized spacial score (nSPS) is 11.1. The Hall–Kier alpha value is -3.19. The number of amides is 1. The fourth-order valence-electron chi connectivity index (χ4n) is 2.67. The summed E-state index contributed by atoms with van der Waals surface area (Å²) in [6.45, 7) is 2.12. The van der Waals surface area contributed by atoms with Crippen LogP contribution in [-0.4, -0.2) is 21.4 Å². The smallest absolute Gasteiger partial charge is 0.290 e. The summed E-state index contributed by atoms with van der Waals surface area (Å²) >= 11 is 0. The van der Waals surface area contributed by atoms with Gasteiger partial charge in [-0.15, -0.1) is 0 Å². The number of aromatic nitrogens is 1. The van der Waals surface area contributed by atoms with Gasteiger partial charge in [0.15, 0.2) is 12.4 Å². The van der Waals surface area contributed by atoms with E-state index in [-0.39, 0.29) is 17.3 Å². The van der Waals surface area contributed by atoms with E-state index in [1.165, 1.54) is 23.5 Å². The highest BCUT2D eigenvalue weighted by Crippen LogP contribution is 2.23. The lowest BCUT2D eigenvalue weighted by molar-refractivity contribution is -0.684. The number of rotatable bonds is 6. The largest absolute Gasteiger partial charge is 0.321 e. The van der Waals surface area contributed by atoms with Gasteiger partial charge in [-0.1, -0.05) is 24.3 Å². The summed E-state index contributed by atoms with van der Waals surface area (Å²) in [5.74, 6) is -0.236. The maximum Gasteiger partial charge on any atom is 0.290 e. The van der Waals surface area contributed by atoms with Crippen molar-refractivity contribution >= 4 is 27.3 Å². The average Bonchev–Trinajstić information content (AvgIpc) is 2.70. The quantitative estimate of drug-likeness (QED) is 0.652. The van der Waals surface area contributed by atoms with Crippen LogP contribution in [0.3, 0.4) is 0 Å². The molecule has 0 radical (unpaired) electrons. The monoisotopic (exact) mass is 396 g/mol. The van der Waals surface area contributed by atoms with E-state index in [1.807, 2.05) is 37.5 Å². The van der Waals surface area contributed by atoms with Gasteiger partial charge in [0.1, 0.15) is 0 Å². The molecule has 1 amide bonds. The van der Waals surface area contributed by atoms with Crippen molar-refractivity contribution in [2.45, 2.75) is 18.4 Å². The predicted molar refractivity (Wildman–Crippen MR) is 108 cm³/mol. The Labute approximate surface area is 165 Å².